The Bertz CT molecular complexity index is 452. The Labute approximate surface area is 119 Å². The second kappa shape index (κ2) is 5.73. The van der Waals surface area contributed by atoms with Gasteiger partial charge in [0.15, 0.2) is 0 Å². The lowest BCUT2D eigenvalue weighted by atomic mass is 10.1. The molecule has 4 nitrogen and oxygen atoms in total. The summed E-state index contributed by atoms with van der Waals surface area (Å²) in [6.45, 7) is 0.414. The van der Waals surface area contributed by atoms with E-state index in [4.69, 9.17) is 10.5 Å². The van der Waals surface area contributed by atoms with Crippen LogP contribution in [0.1, 0.15) is 32.1 Å². The molecule has 0 spiro atoms. The molecule has 108 valence electrons. The Hall–Kier alpha value is -1.71. The second-order valence-corrected chi connectivity index (χ2v) is 5.94. The van der Waals surface area contributed by atoms with Gasteiger partial charge in [0.2, 0.25) is 5.91 Å². The highest BCUT2D eigenvalue weighted by atomic mass is 16.5. The lowest BCUT2D eigenvalue weighted by Gasteiger charge is -2.17. The predicted molar refractivity (Wildman–Crippen MR) is 78.3 cm³/mol. The van der Waals surface area contributed by atoms with E-state index in [0.717, 1.165) is 17.6 Å². The predicted octanol–water partition coefficient (Wildman–Crippen LogP) is 2.34. The summed E-state index contributed by atoms with van der Waals surface area (Å²) < 4.78 is 5.55. The van der Waals surface area contributed by atoms with Crippen LogP contribution in [0.5, 0.6) is 5.75 Å². The van der Waals surface area contributed by atoms with Gasteiger partial charge in [0, 0.05) is 11.7 Å². The fraction of sp³-hybridized carbons (Fsp3) is 0.562. The third-order valence-corrected chi connectivity index (χ3v) is 4.07. The zero-order chi connectivity index (χ0) is 13.9. The summed E-state index contributed by atoms with van der Waals surface area (Å²) in [6, 6.07) is 7.67. The molecule has 2 aliphatic rings. The number of rotatable bonds is 7. The zero-order valence-electron chi connectivity index (χ0n) is 11.7. The van der Waals surface area contributed by atoms with Gasteiger partial charge in [0.05, 0.1) is 13.0 Å². The maximum Gasteiger partial charge on any atom is 0.223 e. The van der Waals surface area contributed by atoms with Gasteiger partial charge in [0.1, 0.15) is 5.75 Å². The number of amides is 1. The second-order valence-electron chi connectivity index (χ2n) is 5.94. The minimum atomic E-state index is 0.115. The Morgan fingerprint density at radius 1 is 1.20 bits per heavy atom. The number of ether oxygens (including phenoxy) is 1. The SMILES string of the molecule is Nc1ccc(OCCC(=O)NC(C2CC2)C2CC2)cc1. The van der Waals surface area contributed by atoms with E-state index in [9.17, 15) is 4.79 Å². The van der Waals surface area contributed by atoms with Crippen molar-refractivity contribution in [2.45, 2.75) is 38.1 Å². The van der Waals surface area contributed by atoms with E-state index in [1.165, 1.54) is 25.7 Å². The quantitative estimate of drug-likeness (QED) is 0.750. The summed E-state index contributed by atoms with van der Waals surface area (Å²) in [5.41, 5.74) is 6.32. The van der Waals surface area contributed by atoms with Crippen LogP contribution in [0.2, 0.25) is 0 Å². The standard InChI is InChI=1S/C16H22N2O2/c17-13-5-7-14(8-6-13)20-10-9-15(19)18-16(11-1-2-11)12-3-4-12/h5-8,11-12,16H,1-4,9-10,17H2,(H,18,19). The summed E-state index contributed by atoms with van der Waals surface area (Å²) in [6.07, 6.45) is 5.54. The van der Waals surface area contributed by atoms with E-state index in [-0.39, 0.29) is 5.91 Å². The highest BCUT2D eigenvalue weighted by molar-refractivity contribution is 5.76. The van der Waals surface area contributed by atoms with E-state index >= 15 is 0 Å². The highest BCUT2D eigenvalue weighted by Crippen LogP contribution is 2.44. The molecule has 0 aliphatic heterocycles. The van der Waals surface area contributed by atoms with Crippen LogP contribution in [0.3, 0.4) is 0 Å². The van der Waals surface area contributed by atoms with Gasteiger partial charge in [-0.05, 0) is 61.8 Å². The summed E-state index contributed by atoms with van der Waals surface area (Å²) in [7, 11) is 0. The maximum absolute atomic E-state index is 12.0. The van der Waals surface area contributed by atoms with Crippen molar-refractivity contribution in [1.82, 2.24) is 5.32 Å². The highest BCUT2D eigenvalue weighted by Gasteiger charge is 2.42. The van der Waals surface area contributed by atoms with Gasteiger partial charge >= 0.3 is 0 Å². The van der Waals surface area contributed by atoms with Gasteiger partial charge in [-0.1, -0.05) is 0 Å². The Balaban J connectivity index is 1.39. The molecule has 3 rings (SSSR count). The number of carbonyl (C=O) groups excluding carboxylic acids is 1. The Morgan fingerprint density at radius 2 is 1.80 bits per heavy atom. The van der Waals surface area contributed by atoms with Gasteiger partial charge in [-0.2, -0.15) is 0 Å². The number of anilines is 1. The smallest absolute Gasteiger partial charge is 0.223 e. The fourth-order valence-corrected chi connectivity index (χ4v) is 2.61. The van der Waals surface area contributed by atoms with Crippen LogP contribution in [0.15, 0.2) is 24.3 Å². The minimum absolute atomic E-state index is 0.115. The first-order valence-electron chi connectivity index (χ1n) is 7.50. The number of nitrogen functional groups attached to an aromatic ring is 1. The lowest BCUT2D eigenvalue weighted by molar-refractivity contribution is -0.122. The van der Waals surface area contributed by atoms with E-state index in [0.29, 0.717) is 24.8 Å². The van der Waals surface area contributed by atoms with Crippen molar-refractivity contribution in [3.8, 4) is 5.75 Å². The molecule has 1 amide bonds. The molecule has 20 heavy (non-hydrogen) atoms. The minimum Gasteiger partial charge on any atom is -0.493 e. The molecule has 0 unspecified atom stereocenters. The number of benzene rings is 1. The molecule has 0 atom stereocenters. The van der Waals surface area contributed by atoms with Gasteiger partial charge in [-0.3, -0.25) is 4.79 Å². The van der Waals surface area contributed by atoms with E-state index in [1.54, 1.807) is 12.1 Å². The fourth-order valence-electron chi connectivity index (χ4n) is 2.61. The largest absolute Gasteiger partial charge is 0.493 e. The number of hydrogen-bond acceptors (Lipinski definition) is 3. The van der Waals surface area contributed by atoms with Crippen LogP contribution in [-0.2, 0) is 4.79 Å². The Kier molecular flexibility index (Phi) is 3.81. The third kappa shape index (κ3) is 3.65. The van der Waals surface area contributed by atoms with Crippen molar-refractivity contribution < 1.29 is 9.53 Å². The van der Waals surface area contributed by atoms with Crippen molar-refractivity contribution in [2.75, 3.05) is 12.3 Å². The molecule has 2 fully saturated rings. The molecule has 0 radical (unpaired) electrons. The molecule has 3 N–H and O–H groups in total. The molecule has 2 saturated carbocycles. The molecule has 0 saturated heterocycles. The lowest BCUT2D eigenvalue weighted by Crippen LogP contribution is -2.38. The van der Waals surface area contributed by atoms with E-state index in [2.05, 4.69) is 5.32 Å². The zero-order valence-corrected chi connectivity index (χ0v) is 11.7. The summed E-state index contributed by atoms with van der Waals surface area (Å²) >= 11 is 0. The van der Waals surface area contributed by atoms with Gasteiger partial charge in [-0.15, -0.1) is 0 Å². The monoisotopic (exact) mass is 274 g/mol. The Morgan fingerprint density at radius 3 is 2.35 bits per heavy atom. The molecule has 0 aromatic heterocycles. The molecule has 0 bridgehead atoms. The molecular weight excluding hydrogens is 252 g/mol. The van der Waals surface area contributed by atoms with E-state index < -0.39 is 0 Å². The van der Waals surface area contributed by atoms with Crippen molar-refractivity contribution in [3.05, 3.63) is 24.3 Å². The molecule has 1 aromatic rings. The number of carbonyl (C=O) groups is 1. The van der Waals surface area contributed by atoms with Crippen LogP contribution in [0.4, 0.5) is 5.69 Å². The number of hydrogen-bond donors (Lipinski definition) is 2. The maximum atomic E-state index is 12.0. The molecule has 2 aliphatic carbocycles. The van der Waals surface area contributed by atoms with Crippen LogP contribution in [0.25, 0.3) is 0 Å². The molecule has 4 heteroatoms. The third-order valence-electron chi connectivity index (χ3n) is 4.07. The van der Waals surface area contributed by atoms with Crippen LogP contribution >= 0.6 is 0 Å². The van der Waals surface area contributed by atoms with E-state index in [1.807, 2.05) is 12.1 Å². The average Bonchev–Trinajstić information content (AvgIpc) is 3.30. The van der Waals surface area contributed by atoms with Gasteiger partial charge in [-0.25, -0.2) is 0 Å². The van der Waals surface area contributed by atoms with Crippen molar-refractivity contribution in [2.24, 2.45) is 11.8 Å². The van der Waals surface area contributed by atoms with Crippen molar-refractivity contribution in [3.63, 3.8) is 0 Å². The van der Waals surface area contributed by atoms with Gasteiger partial charge in [0.25, 0.3) is 0 Å². The summed E-state index contributed by atoms with van der Waals surface area (Å²) in [4.78, 5) is 12.0. The number of nitrogens with two attached hydrogens (primary N) is 1. The van der Waals surface area contributed by atoms with Crippen LogP contribution in [0, 0.1) is 11.8 Å². The molecular formula is C16H22N2O2. The summed E-state index contributed by atoms with van der Waals surface area (Å²) in [5, 5.41) is 3.20. The van der Waals surface area contributed by atoms with Crippen LogP contribution in [-0.4, -0.2) is 18.6 Å². The summed E-state index contributed by atoms with van der Waals surface area (Å²) in [5.74, 6) is 2.35. The van der Waals surface area contributed by atoms with Crippen LogP contribution < -0.4 is 15.8 Å². The first-order chi connectivity index (χ1) is 9.72. The van der Waals surface area contributed by atoms with Crippen molar-refractivity contribution in [1.29, 1.82) is 0 Å². The first kappa shape index (κ1) is 13.3. The number of nitrogens with one attached hydrogen (secondary N) is 1. The van der Waals surface area contributed by atoms with Crippen molar-refractivity contribution >= 4 is 11.6 Å². The molecule has 0 heterocycles. The first-order valence-corrected chi connectivity index (χ1v) is 7.50. The topological polar surface area (TPSA) is 64.3 Å². The van der Waals surface area contributed by atoms with Gasteiger partial charge < -0.3 is 15.8 Å². The normalized spacial score (nSPS) is 18.1. The average molecular weight is 274 g/mol. The molecule has 1 aromatic carbocycles.